The molecule has 4 nitrogen and oxygen atoms in total. The van der Waals surface area contributed by atoms with Crippen molar-refractivity contribution in [2.75, 3.05) is 0 Å². The van der Waals surface area contributed by atoms with Gasteiger partial charge in [-0.25, -0.2) is 0 Å². The number of aromatic nitrogens is 1. The number of hydrogen-bond acceptors (Lipinski definition) is 2. The molecule has 0 saturated heterocycles. The van der Waals surface area contributed by atoms with E-state index >= 15 is 0 Å². The third-order valence-electron chi connectivity index (χ3n) is 4.36. The number of fused-ring (bicyclic) bond motifs is 1. The Balaban J connectivity index is 1.96. The quantitative estimate of drug-likeness (QED) is 0.724. The van der Waals surface area contributed by atoms with Crippen LogP contribution in [0.15, 0.2) is 54.7 Å². The van der Waals surface area contributed by atoms with Gasteiger partial charge in [-0.05, 0) is 18.6 Å². The Bertz CT molecular complexity index is 906. The van der Waals surface area contributed by atoms with Crippen LogP contribution in [0.1, 0.15) is 33.8 Å². The maximum absolute atomic E-state index is 12.5. The van der Waals surface area contributed by atoms with E-state index in [1.54, 1.807) is 12.1 Å². The summed E-state index contributed by atoms with van der Waals surface area (Å²) in [6, 6.07) is 14.9. The Hall–Kier alpha value is -2.88. The van der Waals surface area contributed by atoms with Gasteiger partial charge < -0.3 is 9.67 Å². The van der Waals surface area contributed by atoms with Crippen LogP contribution in [0.4, 0.5) is 0 Å². The van der Waals surface area contributed by atoms with Crippen molar-refractivity contribution in [1.82, 2.24) is 4.57 Å². The first-order valence-corrected chi connectivity index (χ1v) is 7.84. The molecule has 0 radical (unpaired) electrons. The number of benzene rings is 2. The van der Waals surface area contributed by atoms with E-state index in [0.29, 0.717) is 11.1 Å². The smallest absolute Gasteiger partial charge is 0.311 e. The van der Waals surface area contributed by atoms with Crippen LogP contribution in [-0.2, 0) is 11.8 Å². The van der Waals surface area contributed by atoms with Crippen molar-refractivity contribution in [2.24, 2.45) is 7.05 Å². The highest BCUT2D eigenvalue weighted by Gasteiger charge is 2.27. The van der Waals surface area contributed by atoms with Crippen LogP contribution < -0.4 is 0 Å². The Morgan fingerprint density at radius 1 is 1.08 bits per heavy atom. The van der Waals surface area contributed by atoms with Gasteiger partial charge in [0.1, 0.15) is 0 Å². The lowest BCUT2D eigenvalue weighted by Gasteiger charge is -2.11. The van der Waals surface area contributed by atoms with Crippen molar-refractivity contribution in [1.29, 1.82) is 0 Å². The summed E-state index contributed by atoms with van der Waals surface area (Å²) in [4.78, 5) is 24.3. The van der Waals surface area contributed by atoms with Crippen LogP contribution in [0.3, 0.4) is 0 Å². The van der Waals surface area contributed by atoms with Crippen molar-refractivity contribution in [3.05, 3.63) is 71.4 Å². The first-order valence-electron chi connectivity index (χ1n) is 7.84. The van der Waals surface area contributed by atoms with Gasteiger partial charge in [0, 0.05) is 36.1 Å². The predicted molar refractivity (Wildman–Crippen MR) is 93.4 cm³/mol. The molecule has 0 bridgehead atoms. The molecule has 0 spiro atoms. The van der Waals surface area contributed by atoms with Crippen molar-refractivity contribution in [3.8, 4) is 0 Å². The first kappa shape index (κ1) is 16.0. The summed E-state index contributed by atoms with van der Waals surface area (Å²) < 4.78 is 1.90. The summed E-state index contributed by atoms with van der Waals surface area (Å²) in [5.41, 5.74) is 3.25. The monoisotopic (exact) mass is 321 g/mol. The Labute approximate surface area is 140 Å². The average molecular weight is 321 g/mol. The van der Waals surface area contributed by atoms with E-state index < -0.39 is 11.9 Å². The molecule has 0 aliphatic carbocycles. The minimum atomic E-state index is -0.980. The lowest BCUT2D eigenvalue weighted by Crippen LogP contribution is -2.16. The minimum Gasteiger partial charge on any atom is -0.481 e. The van der Waals surface area contributed by atoms with E-state index in [1.807, 2.05) is 61.1 Å². The number of carboxylic acids is 1. The highest BCUT2D eigenvalue weighted by Crippen LogP contribution is 2.30. The van der Waals surface area contributed by atoms with Gasteiger partial charge in [0.05, 0.1) is 5.92 Å². The van der Waals surface area contributed by atoms with E-state index in [4.69, 9.17) is 0 Å². The number of rotatable bonds is 5. The molecule has 0 aliphatic heterocycles. The zero-order valence-electron chi connectivity index (χ0n) is 13.7. The van der Waals surface area contributed by atoms with E-state index in [-0.39, 0.29) is 12.2 Å². The summed E-state index contributed by atoms with van der Waals surface area (Å²) in [6.07, 6.45) is 1.76. The highest BCUT2D eigenvalue weighted by molar-refractivity contribution is 6.00. The van der Waals surface area contributed by atoms with Gasteiger partial charge in [-0.1, -0.05) is 48.0 Å². The van der Waals surface area contributed by atoms with E-state index in [9.17, 15) is 14.7 Å². The van der Waals surface area contributed by atoms with Gasteiger partial charge in [-0.3, -0.25) is 9.59 Å². The maximum atomic E-state index is 12.5. The number of aliphatic carboxylic acids is 1. The Morgan fingerprint density at radius 3 is 2.42 bits per heavy atom. The largest absolute Gasteiger partial charge is 0.481 e. The summed E-state index contributed by atoms with van der Waals surface area (Å²) >= 11 is 0. The van der Waals surface area contributed by atoms with Gasteiger partial charge in [0.2, 0.25) is 0 Å². The van der Waals surface area contributed by atoms with Crippen LogP contribution in [0.2, 0.25) is 0 Å². The fraction of sp³-hybridized carbons (Fsp3) is 0.200. The number of para-hydroxylation sites is 1. The number of aryl methyl sites for hydroxylation is 2. The lowest BCUT2D eigenvalue weighted by molar-refractivity contribution is -0.138. The molecule has 0 saturated carbocycles. The number of carbonyl (C=O) groups excluding carboxylic acids is 1. The minimum absolute atomic E-state index is 0.0492. The fourth-order valence-corrected chi connectivity index (χ4v) is 3.02. The Morgan fingerprint density at radius 2 is 1.75 bits per heavy atom. The molecule has 2 aromatic carbocycles. The standard InChI is InChI=1S/C20H19NO3/c1-13-7-9-14(10-8-13)19(22)11-16(20(23)24)17-12-21(2)18-6-4-3-5-15(17)18/h3-10,12,16H,11H2,1-2H3,(H,23,24)/t16-/m0/s1. The van der Waals surface area contributed by atoms with Crippen LogP contribution >= 0.6 is 0 Å². The second kappa shape index (κ2) is 6.32. The van der Waals surface area contributed by atoms with Crippen LogP contribution in [-0.4, -0.2) is 21.4 Å². The first-order chi connectivity index (χ1) is 11.5. The number of Topliss-reactive ketones (excluding diaryl/α,β-unsaturated/α-hetero) is 1. The van der Waals surface area contributed by atoms with Crippen molar-refractivity contribution in [3.63, 3.8) is 0 Å². The molecule has 1 aromatic heterocycles. The normalized spacial score (nSPS) is 12.2. The molecular weight excluding hydrogens is 302 g/mol. The maximum Gasteiger partial charge on any atom is 0.311 e. The van der Waals surface area contributed by atoms with Crippen molar-refractivity contribution in [2.45, 2.75) is 19.3 Å². The zero-order valence-corrected chi connectivity index (χ0v) is 13.7. The molecule has 1 heterocycles. The van der Waals surface area contributed by atoms with Gasteiger partial charge in [-0.2, -0.15) is 0 Å². The number of carboxylic acid groups (broad SMARTS) is 1. The number of carbonyl (C=O) groups is 2. The topological polar surface area (TPSA) is 59.3 Å². The fourth-order valence-electron chi connectivity index (χ4n) is 3.02. The van der Waals surface area contributed by atoms with E-state index in [0.717, 1.165) is 16.5 Å². The summed E-state index contributed by atoms with van der Waals surface area (Å²) in [5.74, 6) is -1.99. The molecule has 1 N–H and O–H groups in total. The van der Waals surface area contributed by atoms with Gasteiger partial charge in [0.25, 0.3) is 0 Å². The lowest BCUT2D eigenvalue weighted by atomic mass is 9.91. The summed E-state index contributed by atoms with van der Waals surface area (Å²) in [5, 5.41) is 10.6. The van der Waals surface area contributed by atoms with Crippen LogP contribution in [0.25, 0.3) is 10.9 Å². The zero-order chi connectivity index (χ0) is 17.3. The number of nitrogens with zero attached hydrogens (tertiary/aromatic N) is 1. The van der Waals surface area contributed by atoms with Crippen LogP contribution in [0, 0.1) is 6.92 Å². The number of ketones is 1. The van der Waals surface area contributed by atoms with Gasteiger partial charge in [0.15, 0.2) is 5.78 Å². The molecule has 0 fully saturated rings. The summed E-state index contributed by atoms with van der Waals surface area (Å²) in [7, 11) is 1.88. The molecule has 3 rings (SSSR count). The third kappa shape index (κ3) is 2.95. The number of hydrogen-bond donors (Lipinski definition) is 1. The molecule has 4 heteroatoms. The van der Waals surface area contributed by atoms with Crippen LogP contribution in [0.5, 0.6) is 0 Å². The molecular formula is C20H19NO3. The molecule has 122 valence electrons. The van der Waals surface area contributed by atoms with E-state index in [2.05, 4.69) is 0 Å². The molecule has 3 aromatic rings. The second-order valence-corrected chi connectivity index (χ2v) is 6.10. The highest BCUT2D eigenvalue weighted by atomic mass is 16.4. The van der Waals surface area contributed by atoms with Gasteiger partial charge in [-0.15, -0.1) is 0 Å². The molecule has 0 unspecified atom stereocenters. The second-order valence-electron chi connectivity index (χ2n) is 6.10. The molecule has 0 aliphatic rings. The molecule has 1 atom stereocenters. The predicted octanol–water partition coefficient (Wildman–Crippen LogP) is 3.93. The van der Waals surface area contributed by atoms with Gasteiger partial charge >= 0.3 is 5.97 Å². The van der Waals surface area contributed by atoms with Crippen molar-refractivity contribution < 1.29 is 14.7 Å². The molecule has 0 amide bonds. The summed E-state index contributed by atoms with van der Waals surface area (Å²) in [6.45, 7) is 1.95. The van der Waals surface area contributed by atoms with E-state index in [1.165, 1.54) is 0 Å². The third-order valence-corrected chi connectivity index (χ3v) is 4.36. The SMILES string of the molecule is Cc1ccc(C(=O)C[C@H](C(=O)O)c2cn(C)c3ccccc23)cc1. The Kier molecular flexibility index (Phi) is 4.21. The average Bonchev–Trinajstić information content (AvgIpc) is 2.90. The molecule has 24 heavy (non-hydrogen) atoms. The van der Waals surface area contributed by atoms with Crippen molar-refractivity contribution >= 4 is 22.7 Å².